The lowest BCUT2D eigenvalue weighted by atomic mass is 9.86. The highest BCUT2D eigenvalue weighted by Crippen LogP contribution is 2.33. The maximum atomic E-state index is 5.44. The van der Waals surface area contributed by atoms with Crippen molar-refractivity contribution >= 4 is 15.9 Å². The number of hydrogen-bond donors (Lipinski definition) is 1. The van der Waals surface area contributed by atoms with Crippen molar-refractivity contribution in [2.45, 2.75) is 37.6 Å². The summed E-state index contributed by atoms with van der Waals surface area (Å²) < 4.78 is 6.32. The minimum absolute atomic E-state index is 0.378. The molecule has 20 heavy (non-hydrogen) atoms. The van der Waals surface area contributed by atoms with Gasteiger partial charge in [-0.05, 0) is 60.8 Å². The molecule has 0 spiro atoms. The fourth-order valence-corrected chi connectivity index (χ4v) is 3.11. The third-order valence-electron chi connectivity index (χ3n) is 3.90. The zero-order valence-corrected chi connectivity index (χ0v) is 12.9. The highest BCUT2D eigenvalue weighted by atomic mass is 79.9. The van der Waals surface area contributed by atoms with Crippen molar-refractivity contribution < 1.29 is 4.52 Å². The van der Waals surface area contributed by atoms with Crippen LogP contribution in [-0.4, -0.2) is 28.2 Å². The summed E-state index contributed by atoms with van der Waals surface area (Å²) >= 11 is 3.46. The van der Waals surface area contributed by atoms with Crippen LogP contribution in [-0.2, 0) is 0 Å². The highest BCUT2D eigenvalue weighted by Gasteiger charge is 2.26. The second-order valence-electron chi connectivity index (χ2n) is 5.13. The Balaban J connectivity index is 1.76. The molecular weight excluding hydrogens is 320 g/mol. The SMILES string of the molecule is CNC1CCC(c2nc(-c3ncccc3Br)no2)CC1. The summed E-state index contributed by atoms with van der Waals surface area (Å²) in [5, 5.41) is 7.40. The number of rotatable bonds is 3. The molecule has 0 unspecified atom stereocenters. The lowest BCUT2D eigenvalue weighted by Crippen LogP contribution is -2.29. The standard InChI is InChI=1S/C14H17BrN4O/c1-16-10-6-4-9(5-7-10)14-18-13(19-20-14)12-11(15)3-2-8-17-12/h2-3,8-10,16H,4-7H2,1H3. The summed E-state index contributed by atoms with van der Waals surface area (Å²) in [6.45, 7) is 0. The molecule has 6 heteroatoms. The van der Waals surface area contributed by atoms with Gasteiger partial charge < -0.3 is 9.84 Å². The Hall–Kier alpha value is -1.27. The van der Waals surface area contributed by atoms with Crippen LogP contribution >= 0.6 is 15.9 Å². The van der Waals surface area contributed by atoms with E-state index in [2.05, 4.69) is 36.4 Å². The molecule has 0 bridgehead atoms. The zero-order chi connectivity index (χ0) is 13.9. The second-order valence-corrected chi connectivity index (χ2v) is 5.98. The molecule has 1 saturated carbocycles. The van der Waals surface area contributed by atoms with Crippen molar-refractivity contribution in [2.24, 2.45) is 0 Å². The first-order chi connectivity index (χ1) is 9.78. The van der Waals surface area contributed by atoms with Gasteiger partial charge in [-0.1, -0.05) is 5.16 Å². The minimum atomic E-state index is 0.378. The van der Waals surface area contributed by atoms with Crippen LogP contribution in [0.4, 0.5) is 0 Å². The first-order valence-electron chi connectivity index (χ1n) is 6.89. The summed E-state index contributed by atoms with van der Waals surface area (Å²) in [6.07, 6.45) is 6.24. The van der Waals surface area contributed by atoms with E-state index in [-0.39, 0.29) is 0 Å². The van der Waals surface area contributed by atoms with Gasteiger partial charge >= 0.3 is 0 Å². The molecule has 5 nitrogen and oxygen atoms in total. The lowest BCUT2D eigenvalue weighted by molar-refractivity contribution is 0.288. The molecule has 2 aromatic heterocycles. The van der Waals surface area contributed by atoms with E-state index in [1.54, 1.807) is 6.20 Å². The van der Waals surface area contributed by atoms with Gasteiger partial charge in [-0.15, -0.1) is 0 Å². The predicted molar refractivity (Wildman–Crippen MR) is 79.3 cm³/mol. The molecule has 1 aliphatic rings. The number of nitrogens with zero attached hydrogens (tertiary/aromatic N) is 3. The summed E-state index contributed by atoms with van der Waals surface area (Å²) in [5.41, 5.74) is 0.728. The van der Waals surface area contributed by atoms with Gasteiger partial charge in [-0.2, -0.15) is 4.98 Å². The lowest BCUT2D eigenvalue weighted by Gasteiger charge is -2.25. The second kappa shape index (κ2) is 6.01. The molecule has 0 radical (unpaired) electrons. The number of pyridine rings is 1. The Kier molecular flexibility index (Phi) is 4.12. The average Bonchev–Trinajstić information content (AvgIpc) is 2.97. The third-order valence-corrected chi connectivity index (χ3v) is 4.54. The molecule has 0 aromatic carbocycles. The normalized spacial score (nSPS) is 22.9. The Labute approximate surface area is 126 Å². The number of aromatic nitrogens is 3. The number of hydrogen-bond acceptors (Lipinski definition) is 5. The van der Waals surface area contributed by atoms with E-state index in [0.29, 0.717) is 17.8 Å². The fourth-order valence-electron chi connectivity index (χ4n) is 2.68. The van der Waals surface area contributed by atoms with Crippen LogP contribution in [0.25, 0.3) is 11.5 Å². The molecule has 0 saturated heterocycles. The van der Waals surface area contributed by atoms with Crippen molar-refractivity contribution in [3.63, 3.8) is 0 Å². The molecule has 1 N–H and O–H groups in total. The fraction of sp³-hybridized carbons (Fsp3) is 0.500. The van der Waals surface area contributed by atoms with Gasteiger partial charge in [0, 0.05) is 22.6 Å². The summed E-state index contributed by atoms with van der Waals surface area (Å²) in [5.74, 6) is 1.68. The molecule has 2 heterocycles. The van der Waals surface area contributed by atoms with E-state index in [4.69, 9.17) is 4.52 Å². The first kappa shape index (κ1) is 13.7. The van der Waals surface area contributed by atoms with Crippen LogP contribution in [0.2, 0.25) is 0 Å². The van der Waals surface area contributed by atoms with E-state index in [9.17, 15) is 0 Å². The Morgan fingerprint density at radius 3 is 2.80 bits per heavy atom. The molecule has 3 rings (SSSR count). The van der Waals surface area contributed by atoms with Crippen LogP contribution in [0.3, 0.4) is 0 Å². The van der Waals surface area contributed by atoms with E-state index in [0.717, 1.165) is 41.7 Å². The highest BCUT2D eigenvalue weighted by molar-refractivity contribution is 9.10. The Morgan fingerprint density at radius 1 is 1.30 bits per heavy atom. The minimum Gasteiger partial charge on any atom is -0.339 e. The van der Waals surface area contributed by atoms with Gasteiger partial charge in [-0.3, -0.25) is 4.98 Å². The van der Waals surface area contributed by atoms with Crippen LogP contribution in [0.15, 0.2) is 27.3 Å². The van der Waals surface area contributed by atoms with E-state index >= 15 is 0 Å². The van der Waals surface area contributed by atoms with Crippen LogP contribution in [0.5, 0.6) is 0 Å². The Bertz CT molecular complexity index is 578. The van der Waals surface area contributed by atoms with E-state index in [1.807, 2.05) is 19.2 Å². The molecule has 0 atom stereocenters. The van der Waals surface area contributed by atoms with Crippen molar-refractivity contribution in [1.82, 2.24) is 20.4 Å². The quantitative estimate of drug-likeness (QED) is 0.932. The molecule has 0 amide bonds. The summed E-state index contributed by atoms with van der Waals surface area (Å²) in [7, 11) is 2.02. The van der Waals surface area contributed by atoms with Gasteiger partial charge in [0.1, 0.15) is 5.69 Å². The number of halogens is 1. The van der Waals surface area contributed by atoms with Gasteiger partial charge in [0.25, 0.3) is 0 Å². The number of nitrogens with one attached hydrogen (secondary N) is 1. The monoisotopic (exact) mass is 336 g/mol. The Morgan fingerprint density at radius 2 is 2.10 bits per heavy atom. The largest absolute Gasteiger partial charge is 0.339 e. The van der Waals surface area contributed by atoms with E-state index < -0.39 is 0 Å². The molecular formula is C14H17BrN4O. The van der Waals surface area contributed by atoms with Gasteiger partial charge in [0.2, 0.25) is 11.7 Å². The van der Waals surface area contributed by atoms with Crippen LogP contribution in [0.1, 0.15) is 37.5 Å². The predicted octanol–water partition coefficient (Wildman–Crippen LogP) is 3.14. The van der Waals surface area contributed by atoms with Crippen LogP contribution < -0.4 is 5.32 Å². The summed E-state index contributed by atoms with van der Waals surface area (Å²) in [6, 6.07) is 4.42. The molecule has 1 fully saturated rings. The first-order valence-corrected chi connectivity index (χ1v) is 7.69. The van der Waals surface area contributed by atoms with Gasteiger partial charge in [-0.25, -0.2) is 0 Å². The smallest absolute Gasteiger partial charge is 0.230 e. The van der Waals surface area contributed by atoms with Crippen molar-refractivity contribution in [1.29, 1.82) is 0 Å². The van der Waals surface area contributed by atoms with Crippen molar-refractivity contribution in [3.05, 3.63) is 28.7 Å². The molecule has 1 aliphatic carbocycles. The maximum Gasteiger partial charge on any atom is 0.230 e. The van der Waals surface area contributed by atoms with Crippen molar-refractivity contribution in [3.8, 4) is 11.5 Å². The summed E-state index contributed by atoms with van der Waals surface area (Å²) in [4.78, 5) is 8.82. The topological polar surface area (TPSA) is 63.8 Å². The van der Waals surface area contributed by atoms with Gasteiger partial charge in [0.15, 0.2) is 0 Å². The van der Waals surface area contributed by atoms with Crippen molar-refractivity contribution in [2.75, 3.05) is 7.05 Å². The average molecular weight is 337 g/mol. The van der Waals surface area contributed by atoms with E-state index in [1.165, 1.54) is 0 Å². The molecule has 106 valence electrons. The molecule has 0 aliphatic heterocycles. The van der Waals surface area contributed by atoms with Crippen LogP contribution in [0, 0.1) is 0 Å². The zero-order valence-electron chi connectivity index (χ0n) is 11.3. The maximum absolute atomic E-state index is 5.44. The molecule has 2 aromatic rings. The van der Waals surface area contributed by atoms with Gasteiger partial charge in [0.05, 0.1) is 0 Å². The third kappa shape index (κ3) is 2.76.